The number of Topliss-reactive ketones (excluding diaryl/α,β-unsaturated/α-hetero) is 1. The van der Waals surface area contributed by atoms with E-state index in [-0.39, 0.29) is 29.8 Å². The van der Waals surface area contributed by atoms with E-state index in [4.69, 9.17) is 56.8 Å². The Kier molecular flexibility index (Phi) is 15.8. The highest BCUT2D eigenvalue weighted by atomic mass is 16.8. The van der Waals surface area contributed by atoms with Crippen molar-refractivity contribution < 1.29 is 87.2 Å². The van der Waals surface area contributed by atoms with Crippen molar-refractivity contribution >= 4 is 5.78 Å². The van der Waals surface area contributed by atoms with Gasteiger partial charge in [-0.25, -0.2) is 0 Å². The molecular weight excluding hydrogens is 877 g/mol. The topological polar surface area (TPSA) is 229 Å². The first kappa shape index (κ1) is 52.1. The molecule has 67 heavy (non-hydrogen) atoms. The van der Waals surface area contributed by atoms with Gasteiger partial charge in [0, 0.05) is 65.0 Å². The van der Waals surface area contributed by atoms with Crippen LogP contribution < -0.4 is 0 Å². The standard InChI is InChI=1S/C49H80O18/c1-22(50)29-15-17-49(55)30-13-12-27-18-28(14-16-47(27,6)37(30)39(52)45(54)48(29,49)7)64-34-19-31(56-8)41(24(3)60-34)65-35-20-32(57-9)42(25(4)61-35)66-36-21-33(58-10)43(26(5)62-36)67-46-40(53)44(59-11)38(51)23(2)63-46/h12,23-26,28-46,51-55H,13-21H2,1-11H3/t23-,24-,25-,26-,28+,29-,30-,31+,32+,33-,34+,35+,36+,37-,38-,39+,40-,41-,42-,43-,44-,45-,46+,47+,48+,49+/m1/s1. The first-order valence-corrected chi connectivity index (χ1v) is 24.7. The minimum absolute atomic E-state index is 0.0530. The lowest BCUT2D eigenvalue weighted by molar-refractivity contribution is -0.355. The van der Waals surface area contributed by atoms with Gasteiger partial charge in [0.1, 0.15) is 42.4 Å². The summed E-state index contributed by atoms with van der Waals surface area (Å²) in [4.78, 5) is 12.7. The first-order valence-electron chi connectivity index (χ1n) is 24.7. The van der Waals surface area contributed by atoms with Crippen molar-refractivity contribution in [2.24, 2.45) is 28.6 Å². The summed E-state index contributed by atoms with van der Waals surface area (Å²) in [5.41, 5.74) is -1.65. The summed E-state index contributed by atoms with van der Waals surface area (Å²) in [7, 11) is 6.29. The Morgan fingerprint density at radius 3 is 1.67 bits per heavy atom. The van der Waals surface area contributed by atoms with Crippen LogP contribution in [0, 0.1) is 28.6 Å². The molecule has 7 fully saturated rings. The zero-order valence-corrected chi connectivity index (χ0v) is 41.3. The van der Waals surface area contributed by atoms with Crippen LogP contribution in [0.25, 0.3) is 0 Å². The molecule has 0 unspecified atom stereocenters. The molecule has 3 saturated carbocycles. The molecule has 4 saturated heterocycles. The van der Waals surface area contributed by atoms with Crippen molar-refractivity contribution in [3.8, 4) is 0 Å². The van der Waals surface area contributed by atoms with Gasteiger partial charge in [-0.2, -0.15) is 0 Å². The summed E-state index contributed by atoms with van der Waals surface area (Å²) >= 11 is 0. The van der Waals surface area contributed by atoms with Gasteiger partial charge in [-0.1, -0.05) is 25.5 Å². The summed E-state index contributed by atoms with van der Waals surface area (Å²) in [6, 6.07) is 0. The molecular formula is C49H80O18. The number of hydrogen-bond donors (Lipinski definition) is 5. The van der Waals surface area contributed by atoms with Crippen LogP contribution >= 0.6 is 0 Å². The van der Waals surface area contributed by atoms with Gasteiger partial charge in [0.2, 0.25) is 0 Å². The Morgan fingerprint density at radius 1 is 0.642 bits per heavy atom. The number of ether oxygens (including phenoxy) is 12. The number of aliphatic hydroxyl groups excluding tert-OH is 4. The summed E-state index contributed by atoms with van der Waals surface area (Å²) in [5.74, 6) is -1.19. The number of fused-ring (bicyclic) bond motifs is 5. The molecule has 0 radical (unpaired) electrons. The number of hydrogen-bond acceptors (Lipinski definition) is 18. The van der Waals surface area contributed by atoms with Gasteiger partial charge in [0.15, 0.2) is 25.2 Å². The maximum atomic E-state index is 12.7. The summed E-state index contributed by atoms with van der Waals surface area (Å²) in [5, 5.41) is 57.3. The quantitative estimate of drug-likeness (QED) is 0.167. The van der Waals surface area contributed by atoms with Crippen LogP contribution in [0.3, 0.4) is 0 Å². The lowest BCUT2D eigenvalue weighted by Crippen LogP contribution is -2.71. The average molecular weight is 957 g/mol. The normalized spacial score (nSPS) is 53.6. The highest BCUT2D eigenvalue weighted by molar-refractivity contribution is 5.80. The highest BCUT2D eigenvalue weighted by Gasteiger charge is 2.73. The van der Waals surface area contributed by atoms with E-state index >= 15 is 0 Å². The summed E-state index contributed by atoms with van der Waals surface area (Å²) in [6.45, 7) is 12.9. The number of ketones is 1. The largest absolute Gasteiger partial charge is 0.390 e. The van der Waals surface area contributed by atoms with Gasteiger partial charge < -0.3 is 82.4 Å². The molecule has 0 aromatic heterocycles. The Hall–Kier alpha value is -1.27. The van der Waals surface area contributed by atoms with E-state index in [9.17, 15) is 30.3 Å². The molecule has 4 aliphatic heterocycles. The molecule has 18 nitrogen and oxygen atoms in total. The van der Waals surface area contributed by atoms with Gasteiger partial charge in [-0.3, -0.25) is 4.79 Å². The Labute approximate surface area is 395 Å². The van der Waals surface area contributed by atoms with E-state index in [1.54, 1.807) is 35.2 Å². The molecule has 0 aromatic carbocycles. The van der Waals surface area contributed by atoms with Gasteiger partial charge in [-0.05, 0) is 84.5 Å². The Bertz CT molecular complexity index is 1740. The van der Waals surface area contributed by atoms with Crippen molar-refractivity contribution in [1.29, 1.82) is 0 Å². The predicted molar refractivity (Wildman–Crippen MR) is 236 cm³/mol. The maximum Gasteiger partial charge on any atom is 0.187 e. The van der Waals surface area contributed by atoms with Gasteiger partial charge in [-0.15, -0.1) is 0 Å². The van der Waals surface area contributed by atoms with Gasteiger partial charge in [0.05, 0.1) is 66.6 Å². The van der Waals surface area contributed by atoms with Crippen LogP contribution in [-0.2, 0) is 61.6 Å². The van der Waals surface area contributed by atoms with Crippen molar-refractivity contribution in [3.63, 3.8) is 0 Å². The number of carbonyl (C=O) groups excluding carboxylic acids is 1. The van der Waals surface area contributed by atoms with Gasteiger partial charge in [0.25, 0.3) is 0 Å². The third kappa shape index (κ3) is 9.16. The van der Waals surface area contributed by atoms with Gasteiger partial charge >= 0.3 is 0 Å². The molecule has 384 valence electrons. The monoisotopic (exact) mass is 957 g/mol. The highest BCUT2D eigenvalue weighted by Crippen LogP contribution is 2.68. The number of aliphatic hydroxyl groups is 5. The molecule has 5 N–H and O–H groups in total. The number of methoxy groups -OCH3 is 4. The van der Waals surface area contributed by atoms with Crippen LogP contribution in [-0.4, -0.2) is 188 Å². The van der Waals surface area contributed by atoms with E-state index in [0.29, 0.717) is 57.8 Å². The first-order chi connectivity index (χ1) is 31.7. The average Bonchev–Trinajstić information content (AvgIpc) is 3.58. The molecule has 0 amide bonds. The zero-order valence-electron chi connectivity index (χ0n) is 41.3. The van der Waals surface area contributed by atoms with Crippen LogP contribution in [0.1, 0.15) is 106 Å². The SMILES string of the molecule is CO[C@H]1[C@@H](O)[C@H](O[C@@H]2[C@@H](C)O[C@@H](O[C@H]3[C@@H](OC)C[C@H](O[C@H]4[C@@H](OC)C[C@H](O[C@H]5CC[C@@]6(C)C(=CC[C@@H]7[C@@H]6[C@H](O)[C@@H](O)[C@]6(C)[C@@H](C(C)=O)CC[C@]76O)C5)O[C@@H]4C)O[C@@H]3C)C[C@H]2OC)O[C@H](C)[C@H]1O. The minimum Gasteiger partial charge on any atom is -0.390 e. The lowest BCUT2D eigenvalue weighted by atomic mass is 9.44. The number of allylic oxidation sites excluding steroid dienone is 1. The summed E-state index contributed by atoms with van der Waals surface area (Å²) in [6.07, 6.45) is -6.53. The van der Waals surface area contributed by atoms with E-state index in [2.05, 4.69) is 13.0 Å². The van der Waals surface area contributed by atoms with Crippen molar-refractivity contribution in [3.05, 3.63) is 11.6 Å². The van der Waals surface area contributed by atoms with E-state index in [0.717, 1.165) is 0 Å². The molecule has 4 aliphatic carbocycles. The maximum absolute atomic E-state index is 12.7. The summed E-state index contributed by atoms with van der Waals surface area (Å²) < 4.78 is 74.5. The van der Waals surface area contributed by atoms with E-state index < -0.39 is 133 Å². The zero-order chi connectivity index (χ0) is 48.5. The fraction of sp³-hybridized carbons (Fsp3) is 0.939. The van der Waals surface area contributed by atoms with E-state index in [1.807, 2.05) is 20.8 Å². The smallest absolute Gasteiger partial charge is 0.187 e. The van der Waals surface area contributed by atoms with E-state index in [1.165, 1.54) is 19.6 Å². The molecule has 0 bridgehead atoms. The number of carbonyl (C=O) groups is 1. The van der Waals surface area contributed by atoms with Crippen LogP contribution in [0.4, 0.5) is 0 Å². The molecule has 18 heteroatoms. The predicted octanol–water partition coefficient (Wildman–Crippen LogP) is 2.68. The molecule has 26 atom stereocenters. The fourth-order valence-electron chi connectivity index (χ4n) is 14.1. The fourth-order valence-corrected chi connectivity index (χ4v) is 14.1. The third-order valence-corrected chi connectivity index (χ3v) is 17.9. The van der Waals surface area contributed by atoms with Crippen molar-refractivity contribution in [2.75, 3.05) is 28.4 Å². The molecule has 8 aliphatic rings. The van der Waals surface area contributed by atoms with Crippen LogP contribution in [0.2, 0.25) is 0 Å². The molecule has 4 heterocycles. The number of rotatable bonds is 13. The molecule has 8 rings (SSSR count). The second-order valence-electron chi connectivity index (χ2n) is 21.4. The Balaban J connectivity index is 0.844. The minimum atomic E-state index is -1.26. The van der Waals surface area contributed by atoms with Crippen LogP contribution in [0.15, 0.2) is 11.6 Å². The second-order valence-corrected chi connectivity index (χ2v) is 21.4. The Morgan fingerprint density at radius 2 is 1.16 bits per heavy atom. The second kappa shape index (κ2) is 20.3. The third-order valence-electron chi connectivity index (χ3n) is 17.9. The molecule has 0 spiro atoms. The van der Waals surface area contributed by atoms with Crippen LogP contribution in [0.5, 0.6) is 0 Å². The molecule has 0 aromatic rings. The van der Waals surface area contributed by atoms with Crippen molar-refractivity contribution in [1.82, 2.24) is 0 Å². The lowest BCUT2D eigenvalue weighted by Gasteiger charge is -2.64. The van der Waals surface area contributed by atoms with Crippen molar-refractivity contribution in [2.45, 2.75) is 235 Å².